The summed E-state index contributed by atoms with van der Waals surface area (Å²) in [6.45, 7) is 0. The average Bonchev–Trinajstić information content (AvgIpc) is 3.35. The van der Waals surface area contributed by atoms with Gasteiger partial charge < -0.3 is 0 Å². The number of hydrogen-bond donors (Lipinski definition) is 0. The molecule has 3 rings (SSSR count). The largest absolute Gasteiger partial charge is 0.460 e. The molecule has 2 aromatic carbocycles. The van der Waals surface area contributed by atoms with Crippen LogP contribution in [-0.4, -0.2) is 66.9 Å². The fourth-order valence-electron chi connectivity index (χ4n) is 4.14. The van der Waals surface area contributed by atoms with Gasteiger partial charge in [0.2, 0.25) is 0 Å². The molecule has 0 amide bonds. The van der Waals surface area contributed by atoms with Crippen LogP contribution in [0.25, 0.3) is 10.8 Å². The summed E-state index contributed by atoms with van der Waals surface area (Å²) >= 11 is 0. The minimum absolute atomic E-state index is 0.0566. The Morgan fingerprint density at radius 2 is 0.955 bits per heavy atom. The second-order valence-electron chi connectivity index (χ2n) is 9.39. The van der Waals surface area contributed by atoms with E-state index in [1.165, 1.54) is 36.4 Å². The molecular weight excluding hydrogens is 699 g/mol. The van der Waals surface area contributed by atoms with Crippen molar-refractivity contribution in [2.75, 3.05) is 11.5 Å². The van der Waals surface area contributed by atoms with Crippen LogP contribution >= 0.6 is 10.3 Å². The average molecular weight is 714 g/mol. The zero-order chi connectivity index (χ0) is 34.2. The minimum atomic E-state index is -8.89. The molecule has 0 aliphatic carbocycles. The van der Waals surface area contributed by atoms with Gasteiger partial charge in [0.25, 0.3) is 0 Å². The maximum Gasteiger partial charge on any atom is 0.460 e. The fourth-order valence-corrected chi connectivity index (χ4v) is 10.0. The molecule has 44 heavy (non-hydrogen) atoms. The predicted molar refractivity (Wildman–Crippen MR) is 119 cm³/mol. The Morgan fingerprint density at radius 1 is 0.545 bits per heavy atom. The normalized spacial score (nSPS) is 18.9. The molecule has 1 heterocycles. The molecule has 0 unspecified atom stereocenters. The van der Waals surface area contributed by atoms with Gasteiger partial charge in [-0.25, -0.2) is 3.63 Å². The summed E-state index contributed by atoms with van der Waals surface area (Å²) in [5.74, 6) is -53.0. The molecule has 0 bridgehead atoms. The third-order valence-electron chi connectivity index (χ3n) is 6.58. The lowest BCUT2D eigenvalue weighted by molar-refractivity contribution is -0.458. The quantitative estimate of drug-likeness (QED) is 0.231. The van der Waals surface area contributed by atoms with Crippen molar-refractivity contribution in [3.8, 4) is 0 Å². The number of alkyl halides is 17. The Hall–Kier alpha value is -2.23. The first kappa shape index (κ1) is 36.2. The molecule has 0 atom stereocenters. The smallest absolute Gasteiger partial charge is 0.211 e. The van der Waals surface area contributed by atoms with Crippen molar-refractivity contribution in [1.29, 1.82) is 0 Å². The van der Waals surface area contributed by atoms with E-state index in [2.05, 4.69) is 3.63 Å². The maximum absolute atomic E-state index is 14.7. The van der Waals surface area contributed by atoms with Gasteiger partial charge in [-0.1, -0.05) is 46.7 Å². The van der Waals surface area contributed by atoms with Gasteiger partial charge in [0.15, 0.2) is 0 Å². The van der Waals surface area contributed by atoms with Gasteiger partial charge in [-0.2, -0.15) is 83.1 Å². The third-order valence-corrected chi connectivity index (χ3v) is 12.3. The molecule has 22 heteroatoms. The molecule has 1 fully saturated rings. The first-order valence-corrected chi connectivity index (χ1v) is 14.7. The molecule has 0 aromatic heterocycles. The second kappa shape index (κ2) is 10.4. The molecule has 0 saturated carbocycles. The van der Waals surface area contributed by atoms with Crippen molar-refractivity contribution in [2.24, 2.45) is 0 Å². The zero-order valence-corrected chi connectivity index (χ0v) is 22.5. The standard InChI is InChI=1S/C22H15F17O3S2/c23-15(24,17(27,28)19(31,32)21(35,36)37)16(25,26)18(29,30)20(33,34)22(38,39)44(40,41)42-43(10-3-4-11-43)14-9-5-7-12-6-1-2-8-13(12)14/h1-2,5-9H,3-4,10-11H2. The molecular formula is C22H15F17O3S2. The van der Waals surface area contributed by atoms with E-state index in [4.69, 9.17) is 0 Å². The van der Waals surface area contributed by atoms with E-state index in [-0.39, 0.29) is 28.5 Å². The summed E-state index contributed by atoms with van der Waals surface area (Å²) in [6, 6.07) is 9.14. The molecule has 1 aliphatic heterocycles. The summed E-state index contributed by atoms with van der Waals surface area (Å²) in [5.41, 5.74) is 0. The lowest BCUT2D eigenvalue weighted by atomic mass is 9.91. The second-order valence-corrected chi connectivity index (χ2v) is 14.2. The monoisotopic (exact) mass is 714 g/mol. The summed E-state index contributed by atoms with van der Waals surface area (Å²) in [4.78, 5) is -0.242. The van der Waals surface area contributed by atoms with E-state index in [1.807, 2.05) is 0 Å². The van der Waals surface area contributed by atoms with Crippen LogP contribution in [0.3, 0.4) is 0 Å². The van der Waals surface area contributed by atoms with Crippen molar-refractivity contribution >= 4 is 31.2 Å². The number of benzene rings is 2. The molecule has 252 valence electrons. The number of rotatable bonds is 10. The highest BCUT2D eigenvalue weighted by molar-refractivity contribution is 8.33. The highest BCUT2D eigenvalue weighted by Crippen LogP contribution is 2.68. The Balaban J connectivity index is 2.14. The summed E-state index contributed by atoms with van der Waals surface area (Å²) < 4.78 is 261. The molecule has 0 spiro atoms. The molecule has 1 saturated heterocycles. The molecule has 1 aliphatic rings. The van der Waals surface area contributed by atoms with Crippen molar-refractivity contribution in [3.05, 3.63) is 42.5 Å². The SMILES string of the molecule is O=S(=O)(OS1(c2cccc3ccccc23)CCCC1)C(F)(F)C(F)(F)C(F)(F)C(F)(F)C(F)(F)C(F)(F)C(F)(F)C(F)(F)F. The van der Waals surface area contributed by atoms with Crippen molar-refractivity contribution in [1.82, 2.24) is 0 Å². The Bertz CT molecular complexity index is 1490. The van der Waals surface area contributed by atoms with Gasteiger partial charge in [0, 0.05) is 16.4 Å². The lowest BCUT2D eigenvalue weighted by Crippen LogP contribution is -2.75. The first-order chi connectivity index (χ1) is 19.5. The number of halogens is 17. The van der Waals surface area contributed by atoms with Crippen molar-refractivity contribution < 1.29 is 86.7 Å². The Kier molecular flexibility index (Phi) is 8.56. The summed E-state index contributed by atoms with van der Waals surface area (Å²) in [5, 5.41) is -7.36. The minimum Gasteiger partial charge on any atom is -0.211 e. The fraction of sp³-hybridized carbons (Fsp3) is 0.545. The van der Waals surface area contributed by atoms with Gasteiger partial charge in [0.1, 0.15) is 0 Å². The summed E-state index contributed by atoms with van der Waals surface area (Å²) in [6.07, 6.45) is -8.01. The van der Waals surface area contributed by atoms with Crippen molar-refractivity contribution in [2.45, 2.75) is 64.7 Å². The van der Waals surface area contributed by atoms with Crippen LogP contribution in [0.5, 0.6) is 0 Å². The van der Waals surface area contributed by atoms with E-state index < -0.39 is 78.9 Å². The van der Waals surface area contributed by atoms with Crippen LogP contribution in [-0.2, 0) is 13.7 Å². The Labute approximate surface area is 237 Å². The zero-order valence-electron chi connectivity index (χ0n) is 20.8. The van der Waals surface area contributed by atoms with Crippen LogP contribution in [0.2, 0.25) is 0 Å². The van der Waals surface area contributed by atoms with Gasteiger partial charge in [-0.15, -0.1) is 0 Å². The first-order valence-electron chi connectivity index (χ1n) is 11.4. The summed E-state index contributed by atoms with van der Waals surface area (Å²) in [7, 11) is -11.4. The van der Waals surface area contributed by atoms with E-state index in [0.717, 1.165) is 6.07 Å². The predicted octanol–water partition coefficient (Wildman–Crippen LogP) is 9.03. The molecule has 0 N–H and O–H groups in total. The van der Waals surface area contributed by atoms with E-state index >= 15 is 0 Å². The lowest BCUT2D eigenvalue weighted by Gasteiger charge is -2.43. The highest BCUT2D eigenvalue weighted by atomic mass is 32.3. The van der Waals surface area contributed by atoms with E-state index in [0.29, 0.717) is 0 Å². The van der Waals surface area contributed by atoms with Gasteiger partial charge in [-0.05, 0) is 29.7 Å². The van der Waals surface area contributed by atoms with Gasteiger partial charge in [0.05, 0.1) is 0 Å². The van der Waals surface area contributed by atoms with Gasteiger partial charge in [-0.3, -0.25) is 0 Å². The number of hydrogen-bond acceptors (Lipinski definition) is 3. The Morgan fingerprint density at radius 3 is 1.43 bits per heavy atom. The third kappa shape index (κ3) is 4.79. The van der Waals surface area contributed by atoms with E-state index in [9.17, 15) is 83.1 Å². The number of fused-ring (bicyclic) bond motifs is 1. The maximum atomic E-state index is 14.7. The topological polar surface area (TPSA) is 43.4 Å². The van der Waals surface area contributed by atoms with E-state index in [1.54, 1.807) is 0 Å². The molecule has 0 radical (unpaired) electrons. The van der Waals surface area contributed by atoms with Gasteiger partial charge >= 0.3 is 57.1 Å². The van der Waals surface area contributed by atoms with Crippen LogP contribution in [0.15, 0.2) is 47.4 Å². The van der Waals surface area contributed by atoms with Crippen molar-refractivity contribution in [3.63, 3.8) is 0 Å². The molecule has 2 aromatic rings. The van der Waals surface area contributed by atoms with Crippen LogP contribution in [0.4, 0.5) is 74.6 Å². The molecule has 3 nitrogen and oxygen atoms in total. The van der Waals surface area contributed by atoms with Crippen LogP contribution in [0.1, 0.15) is 12.8 Å². The van der Waals surface area contributed by atoms with Crippen LogP contribution < -0.4 is 0 Å². The highest BCUT2D eigenvalue weighted by Gasteiger charge is 2.96. The van der Waals surface area contributed by atoms with Crippen LogP contribution in [0, 0.1) is 0 Å².